The lowest BCUT2D eigenvalue weighted by atomic mass is 9.99. The second-order valence-corrected chi connectivity index (χ2v) is 20.4. The van der Waals surface area contributed by atoms with E-state index in [9.17, 15) is 29.4 Å². The van der Waals surface area contributed by atoms with E-state index in [2.05, 4.69) is 16.0 Å². The highest BCUT2D eigenvalue weighted by Gasteiger charge is 2.29. The average molecular weight is 991 g/mol. The fraction of sp³-hybridized carbons (Fsp3) is 0.344. The third kappa shape index (κ3) is 19.2. The summed E-state index contributed by atoms with van der Waals surface area (Å²) in [5.74, 6) is -1.02. The number of hydrogen-bond acceptors (Lipinski definition) is 10. The Morgan fingerprint density at radius 3 is 1.27 bits per heavy atom. The van der Waals surface area contributed by atoms with Crippen LogP contribution < -0.4 is 20.9 Å². The molecule has 0 fully saturated rings. The van der Waals surface area contributed by atoms with Gasteiger partial charge in [0.2, 0.25) is 0 Å². The fourth-order valence-electron chi connectivity index (χ4n) is 8.07. The Bertz CT molecular complexity index is 2710. The van der Waals surface area contributed by atoms with Crippen molar-refractivity contribution >= 4 is 35.1 Å². The Morgan fingerprint density at radius 1 is 0.493 bits per heavy atom. The Morgan fingerprint density at radius 2 is 0.877 bits per heavy atom. The molecule has 0 aliphatic carbocycles. The van der Waals surface area contributed by atoms with Crippen LogP contribution in [0.4, 0.5) is 11.4 Å². The molecule has 0 unspecified atom stereocenters. The van der Waals surface area contributed by atoms with Crippen molar-refractivity contribution in [3.63, 3.8) is 0 Å². The fourth-order valence-corrected chi connectivity index (χ4v) is 8.07. The molecule has 12 nitrogen and oxygen atoms in total. The highest BCUT2D eigenvalue weighted by Crippen LogP contribution is 2.25. The van der Waals surface area contributed by atoms with Crippen LogP contribution in [0.2, 0.25) is 0 Å². The number of phenolic OH excluding ortho intramolecular Hbond substituents is 2. The maximum atomic E-state index is 13.3. The second-order valence-electron chi connectivity index (χ2n) is 20.4. The number of carbonyl (C=O) groups is 4. The van der Waals surface area contributed by atoms with Gasteiger partial charge in [-0.15, -0.1) is 0 Å². The molecule has 0 bridgehead atoms. The van der Waals surface area contributed by atoms with Crippen LogP contribution in [0.15, 0.2) is 146 Å². The minimum absolute atomic E-state index is 0.236. The maximum Gasteiger partial charge on any atom is 0.329 e. The Kier molecular flexibility index (Phi) is 20.6. The molecule has 2 atom stereocenters. The second kappa shape index (κ2) is 26.7. The molecule has 0 saturated heterocycles. The zero-order valence-electron chi connectivity index (χ0n) is 44.0. The molecule has 0 aliphatic rings. The van der Waals surface area contributed by atoms with Crippen LogP contribution in [-0.2, 0) is 57.6 Å². The minimum Gasteiger partial charge on any atom is -0.508 e. The number of nitrogens with one attached hydrogen (secondary N) is 3. The molecule has 0 radical (unpaired) electrons. The van der Waals surface area contributed by atoms with Gasteiger partial charge in [0.15, 0.2) is 0 Å². The summed E-state index contributed by atoms with van der Waals surface area (Å²) in [7, 11) is 5.80. The molecule has 6 aromatic carbocycles. The predicted molar refractivity (Wildman–Crippen MR) is 292 cm³/mol. The molecule has 73 heavy (non-hydrogen) atoms. The van der Waals surface area contributed by atoms with Crippen molar-refractivity contribution in [1.82, 2.24) is 10.6 Å². The molecule has 0 saturated carbocycles. The Labute approximate surface area is 432 Å². The molecule has 0 aliphatic heterocycles. The lowest BCUT2D eigenvalue weighted by Crippen LogP contribution is -2.44. The molecule has 5 N–H and O–H groups in total. The number of hydrogen-bond donors (Lipinski definition) is 5. The number of rotatable bonds is 20. The molecule has 0 aromatic heterocycles. The number of phenols is 2. The molecule has 386 valence electrons. The van der Waals surface area contributed by atoms with Crippen molar-refractivity contribution in [2.75, 3.05) is 31.4 Å². The summed E-state index contributed by atoms with van der Waals surface area (Å²) in [6.07, 6.45) is 5.13. The van der Waals surface area contributed by atoms with Crippen molar-refractivity contribution in [3.8, 4) is 11.5 Å². The van der Waals surface area contributed by atoms with Gasteiger partial charge in [0.25, 0.3) is 11.8 Å². The summed E-state index contributed by atoms with van der Waals surface area (Å²) >= 11 is 0. The quantitative estimate of drug-likeness (QED) is 0.0465. The zero-order valence-corrected chi connectivity index (χ0v) is 44.0. The first-order valence-corrected chi connectivity index (χ1v) is 25.0. The number of ether oxygens (including phenoxy) is 2. The van der Waals surface area contributed by atoms with Gasteiger partial charge in [0, 0.05) is 43.6 Å². The van der Waals surface area contributed by atoms with E-state index >= 15 is 0 Å². The number of esters is 2. The summed E-state index contributed by atoms with van der Waals surface area (Å²) in [6.45, 7) is 10.9. The number of amides is 2. The molecule has 0 spiro atoms. The molecule has 12 heteroatoms. The first-order chi connectivity index (χ1) is 34.7. The predicted octanol–water partition coefficient (Wildman–Crippen LogP) is 10.6. The first kappa shape index (κ1) is 56.3. The monoisotopic (exact) mass is 991 g/mol. The summed E-state index contributed by atoms with van der Waals surface area (Å²) in [4.78, 5) is 54.5. The van der Waals surface area contributed by atoms with Gasteiger partial charge in [-0.3, -0.25) is 9.59 Å². The van der Waals surface area contributed by atoms with E-state index in [0.29, 0.717) is 43.2 Å². The van der Waals surface area contributed by atoms with Gasteiger partial charge in [-0.25, -0.2) is 9.59 Å². The van der Waals surface area contributed by atoms with Crippen molar-refractivity contribution in [1.29, 1.82) is 0 Å². The number of aryl methyl sites for hydroxylation is 6. The van der Waals surface area contributed by atoms with Gasteiger partial charge < -0.3 is 40.5 Å². The maximum absolute atomic E-state index is 13.3. The van der Waals surface area contributed by atoms with E-state index in [4.69, 9.17) is 9.47 Å². The van der Waals surface area contributed by atoms with Crippen LogP contribution in [0.1, 0.15) is 108 Å². The van der Waals surface area contributed by atoms with E-state index in [1.165, 1.54) is 0 Å². The van der Waals surface area contributed by atoms with Crippen molar-refractivity contribution in [2.24, 2.45) is 0 Å². The molecule has 6 aromatic rings. The molecule has 0 heterocycles. The Hall–Kier alpha value is -7.60. The van der Waals surface area contributed by atoms with Crippen molar-refractivity contribution in [2.45, 2.75) is 116 Å². The SMILES string of the molecule is CN(C)c1ccc(C(=O)N[C@@H](CCc2ccccc2)C(=O)OC(C)(C)C)cc1CCc1ccc(O)cc1.CNc1ccc(C(=O)N[C@@H](CCc2ccccc2)C(=O)OC(C)(C)C)cc1CCc1ccc(O)cc1. The van der Waals surface area contributed by atoms with Gasteiger partial charge >= 0.3 is 11.9 Å². The summed E-state index contributed by atoms with van der Waals surface area (Å²) < 4.78 is 11.2. The van der Waals surface area contributed by atoms with Crippen LogP contribution in [0.5, 0.6) is 11.5 Å². The Balaban J connectivity index is 0.000000271. The average Bonchev–Trinajstić information content (AvgIpc) is 3.35. The van der Waals surface area contributed by atoms with Crippen molar-refractivity contribution in [3.05, 3.63) is 190 Å². The van der Waals surface area contributed by atoms with Crippen LogP contribution >= 0.6 is 0 Å². The highest BCUT2D eigenvalue weighted by molar-refractivity contribution is 5.98. The van der Waals surface area contributed by atoms with E-state index in [1.807, 2.05) is 177 Å². The summed E-state index contributed by atoms with van der Waals surface area (Å²) in [5.41, 5.74) is 8.07. The number of carbonyl (C=O) groups excluding carboxylic acids is 4. The first-order valence-electron chi connectivity index (χ1n) is 25.0. The van der Waals surface area contributed by atoms with Crippen molar-refractivity contribution < 1.29 is 38.9 Å². The van der Waals surface area contributed by atoms with Crippen LogP contribution in [0.25, 0.3) is 0 Å². The molecule has 6 rings (SSSR count). The van der Waals surface area contributed by atoms with Gasteiger partial charge in [0.1, 0.15) is 34.8 Å². The van der Waals surface area contributed by atoms with Gasteiger partial charge in [-0.2, -0.15) is 0 Å². The largest absolute Gasteiger partial charge is 0.508 e. The minimum atomic E-state index is -0.763. The zero-order chi connectivity index (χ0) is 53.1. The lowest BCUT2D eigenvalue weighted by Gasteiger charge is -2.25. The molecular weight excluding hydrogens is 917 g/mol. The normalized spacial score (nSPS) is 12.0. The summed E-state index contributed by atoms with van der Waals surface area (Å²) in [6, 6.07) is 43.7. The number of benzene rings is 6. The van der Waals surface area contributed by atoms with Gasteiger partial charge in [-0.05, 0) is 187 Å². The van der Waals surface area contributed by atoms with Crippen LogP contribution in [0.3, 0.4) is 0 Å². The van der Waals surface area contributed by atoms with Crippen LogP contribution in [-0.4, -0.2) is 78.4 Å². The van der Waals surface area contributed by atoms with Gasteiger partial charge in [-0.1, -0.05) is 84.9 Å². The van der Waals surface area contributed by atoms with Crippen LogP contribution in [0, 0.1) is 0 Å². The molecular formula is C61H74N4O8. The topological polar surface area (TPSA) is 167 Å². The standard InChI is InChI=1S/C31H38N2O4.C30H36N2O4/c1-31(2,3)37-30(36)27(19-14-22-9-7-6-8-10-22)32-29(35)25-16-20-28(33(4)5)24(21-25)15-11-23-12-17-26(34)18-13-23;1-30(2,3)36-29(35)27(18-13-21-8-6-5-7-9-21)32-28(34)24-15-19-26(31-4)23(20-24)14-10-22-11-16-25(33)17-12-22/h6-10,12-13,16-18,20-21,27,34H,11,14-15,19H2,1-5H3,(H,32,35);5-9,11-12,15-17,19-20,27,31,33H,10,13-14,18H2,1-4H3,(H,32,34)/t2*27-/m00/s1. The lowest BCUT2D eigenvalue weighted by molar-refractivity contribution is -0.158. The number of nitrogens with zero attached hydrogens (tertiary/aromatic N) is 1. The third-order valence-corrected chi connectivity index (χ3v) is 11.8. The highest BCUT2D eigenvalue weighted by atomic mass is 16.6. The van der Waals surface area contributed by atoms with E-state index < -0.39 is 35.2 Å². The third-order valence-electron chi connectivity index (χ3n) is 11.8. The van der Waals surface area contributed by atoms with E-state index in [-0.39, 0.29) is 23.3 Å². The number of anilines is 2. The van der Waals surface area contributed by atoms with E-state index in [0.717, 1.165) is 64.0 Å². The smallest absolute Gasteiger partial charge is 0.329 e. The summed E-state index contributed by atoms with van der Waals surface area (Å²) in [5, 5.41) is 28.1. The van der Waals surface area contributed by atoms with Gasteiger partial charge in [0.05, 0.1) is 0 Å². The van der Waals surface area contributed by atoms with E-state index in [1.54, 1.807) is 36.4 Å². The molecule has 2 amide bonds. The number of aromatic hydroxyl groups is 2.